The third kappa shape index (κ3) is 73.4. The molecule has 6 heteroatoms. The normalized spacial score (nSPS) is 12.5. The Kier molecular flexibility index (Phi) is 76.3. The van der Waals surface area contributed by atoms with Crippen molar-refractivity contribution >= 4 is 11.9 Å². The highest BCUT2D eigenvalue weighted by molar-refractivity contribution is 5.76. The van der Waals surface area contributed by atoms with Crippen LogP contribution in [0.4, 0.5) is 0 Å². The lowest BCUT2D eigenvalue weighted by atomic mass is 10.0. The highest BCUT2D eigenvalue weighted by Crippen LogP contribution is 2.20. The second-order valence-electron chi connectivity index (χ2n) is 28.1. The molecule has 0 rings (SSSR count). The zero-order valence-corrected chi connectivity index (χ0v) is 60.0. The fraction of sp³-hybridized carbons (Fsp3) is 0.927. The summed E-state index contributed by atoms with van der Waals surface area (Å²) < 4.78 is 5.51. The Hall–Kier alpha value is -1.66. The number of unbranched alkanes of at least 4 members (excludes halogenated alkanes) is 64. The highest BCUT2D eigenvalue weighted by atomic mass is 16.5. The van der Waals surface area contributed by atoms with E-state index in [0.717, 1.165) is 38.5 Å². The van der Waals surface area contributed by atoms with Gasteiger partial charge in [-0.3, -0.25) is 9.59 Å². The molecule has 0 aliphatic heterocycles. The van der Waals surface area contributed by atoms with E-state index in [0.29, 0.717) is 19.4 Å². The average molecular weight is 1240 g/mol. The van der Waals surface area contributed by atoms with Crippen LogP contribution >= 0.6 is 0 Å². The lowest BCUT2D eigenvalue weighted by molar-refractivity contribution is -0.143. The molecule has 3 N–H and O–H groups in total. The van der Waals surface area contributed by atoms with E-state index in [-0.39, 0.29) is 18.5 Å². The summed E-state index contributed by atoms with van der Waals surface area (Å²) in [5.41, 5.74) is 0. The Bertz CT molecular complexity index is 1380. The van der Waals surface area contributed by atoms with E-state index in [2.05, 4.69) is 31.3 Å². The molecule has 6 nitrogen and oxygen atoms in total. The Morgan fingerprint density at radius 1 is 0.307 bits per heavy atom. The van der Waals surface area contributed by atoms with Crippen molar-refractivity contribution in [3.63, 3.8) is 0 Å². The molecular formula is C82H159NO5. The molecule has 88 heavy (non-hydrogen) atoms. The lowest BCUT2D eigenvalue weighted by Crippen LogP contribution is -2.45. The van der Waals surface area contributed by atoms with Crippen LogP contribution < -0.4 is 5.32 Å². The van der Waals surface area contributed by atoms with Gasteiger partial charge in [0.05, 0.1) is 25.4 Å². The van der Waals surface area contributed by atoms with Crippen LogP contribution in [0.15, 0.2) is 24.3 Å². The molecule has 0 aliphatic carbocycles. The number of rotatable bonds is 77. The van der Waals surface area contributed by atoms with Crippen molar-refractivity contribution in [2.75, 3.05) is 13.2 Å². The lowest BCUT2D eigenvalue weighted by Gasteiger charge is -2.20. The molecular weight excluding hydrogens is 1080 g/mol. The molecule has 1 amide bonds. The Morgan fingerprint density at radius 3 is 0.807 bits per heavy atom. The van der Waals surface area contributed by atoms with Crippen LogP contribution in [0.5, 0.6) is 0 Å². The number of amides is 1. The molecule has 0 bridgehead atoms. The number of hydrogen-bond acceptors (Lipinski definition) is 5. The first kappa shape index (κ1) is 86.3. The van der Waals surface area contributed by atoms with Gasteiger partial charge in [0.1, 0.15) is 0 Å². The van der Waals surface area contributed by atoms with Gasteiger partial charge in [0.15, 0.2) is 0 Å². The highest BCUT2D eigenvalue weighted by Gasteiger charge is 2.18. The van der Waals surface area contributed by atoms with Crippen molar-refractivity contribution in [2.45, 2.75) is 475 Å². The minimum atomic E-state index is -0.844. The number of carbonyl (C=O) groups is 2. The first-order valence-corrected chi connectivity index (χ1v) is 40.6. The number of carbonyl (C=O) groups excluding carboxylic acids is 2. The second kappa shape index (κ2) is 77.8. The zero-order chi connectivity index (χ0) is 63.5. The molecule has 0 radical (unpaired) electrons. The van der Waals surface area contributed by atoms with Gasteiger partial charge in [0, 0.05) is 12.8 Å². The van der Waals surface area contributed by atoms with E-state index in [9.17, 15) is 19.8 Å². The first-order valence-electron chi connectivity index (χ1n) is 40.6. The number of aliphatic hydroxyl groups is 2. The van der Waals surface area contributed by atoms with E-state index in [1.54, 1.807) is 6.08 Å². The number of ether oxygens (including phenoxy) is 1. The average Bonchev–Trinajstić information content (AvgIpc) is 3.58. The van der Waals surface area contributed by atoms with Gasteiger partial charge in [-0.25, -0.2) is 0 Å². The Balaban J connectivity index is 3.37. The summed E-state index contributed by atoms with van der Waals surface area (Å²) >= 11 is 0. The maximum Gasteiger partial charge on any atom is 0.305 e. The third-order valence-corrected chi connectivity index (χ3v) is 19.2. The van der Waals surface area contributed by atoms with Gasteiger partial charge in [-0.2, -0.15) is 0 Å². The quantitative estimate of drug-likeness (QED) is 0.0320. The van der Waals surface area contributed by atoms with Gasteiger partial charge in [0.25, 0.3) is 0 Å². The molecule has 2 unspecified atom stereocenters. The molecule has 522 valence electrons. The number of esters is 1. The predicted octanol–water partition coefficient (Wildman–Crippen LogP) is 26.8. The minimum absolute atomic E-state index is 0.0224. The van der Waals surface area contributed by atoms with Crippen LogP contribution in [0.3, 0.4) is 0 Å². The van der Waals surface area contributed by atoms with Crippen molar-refractivity contribution < 1.29 is 24.5 Å². The van der Waals surface area contributed by atoms with E-state index in [1.165, 1.54) is 398 Å². The molecule has 0 saturated heterocycles. The van der Waals surface area contributed by atoms with Gasteiger partial charge >= 0.3 is 5.97 Å². The molecule has 0 fully saturated rings. The first-order chi connectivity index (χ1) is 43.5. The van der Waals surface area contributed by atoms with E-state index >= 15 is 0 Å². The summed E-state index contributed by atoms with van der Waals surface area (Å²) in [5, 5.41) is 23.3. The largest absolute Gasteiger partial charge is 0.466 e. The number of hydrogen-bond donors (Lipinski definition) is 3. The smallest absolute Gasteiger partial charge is 0.305 e. The van der Waals surface area contributed by atoms with Crippen molar-refractivity contribution in [1.82, 2.24) is 5.32 Å². The van der Waals surface area contributed by atoms with Crippen LogP contribution in [0, 0.1) is 0 Å². The fourth-order valence-corrected chi connectivity index (χ4v) is 13.0. The molecule has 0 heterocycles. The molecule has 0 spiro atoms. The maximum absolute atomic E-state index is 12.6. The van der Waals surface area contributed by atoms with Crippen LogP contribution in [-0.4, -0.2) is 47.4 Å². The van der Waals surface area contributed by atoms with Gasteiger partial charge in [0.2, 0.25) is 5.91 Å². The zero-order valence-electron chi connectivity index (χ0n) is 60.0. The Morgan fingerprint density at radius 2 is 0.534 bits per heavy atom. The minimum Gasteiger partial charge on any atom is -0.466 e. The molecule has 0 aromatic heterocycles. The standard InChI is InChI=1S/C82H159NO5/c1-3-5-7-9-11-13-15-17-19-20-21-22-34-37-40-43-47-50-54-58-62-66-70-74-80(85)79(78-84)83-81(86)75-71-67-63-59-55-51-48-44-41-38-35-32-30-28-26-24-23-25-27-29-31-33-36-39-42-45-49-53-57-61-65-69-73-77-88-82(87)76-72-68-64-60-56-52-46-18-16-14-12-10-8-6-4-2/h27,29,70,74,79-80,84-85H,3-26,28,30-69,71-73,75-78H2,1-2H3,(H,83,86)/b29-27-,74-70+. The molecule has 0 aromatic rings. The number of nitrogens with one attached hydrogen (secondary N) is 1. The Labute approximate surface area is 551 Å². The summed E-state index contributed by atoms with van der Waals surface area (Å²) in [7, 11) is 0. The van der Waals surface area contributed by atoms with Crippen molar-refractivity contribution in [1.29, 1.82) is 0 Å². The van der Waals surface area contributed by atoms with E-state index in [1.807, 2.05) is 6.08 Å². The van der Waals surface area contributed by atoms with Crippen LogP contribution in [0.25, 0.3) is 0 Å². The van der Waals surface area contributed by atoms with Gasteiger partial charge in [-0.1, -0.05) is 417 Å². The number of aliphatic hydroxyl groups excluding tert-OH is 2. The van der Waals surface area contributed by atoms with Crippen molar-refractivity contribution in [2.24, 2.45) is 0 Å². The summed E-state index contributed by atoms with van der Waals surface area (Å²) in [5.74, 6) is -0.0371. The van der Waals surface area contributed by atoms with Crippen molar-refractivity contribution in [3.8, 4) is 0 Å². The third-order valence-electron chi connectivity index (χ3n) is 19.2. The number of allylic oxidation sites excluding steroid dienone is 3. The molecule has 0 aromatic carbocycles. The SMILES string of the molecule is CCCCCCCCCCCCCCCCCCCCCCC/C=C/C(O)C(CO)NC(=O)CCCCCCCCCCCCCCCCCCC/C=C\CCCCCCCCCCCCCCOC(=O)CCCCCCCCCCCCCCCCC. The summed E-state index contributed by atoms with van der Waals surface area (Å²) in [6, 6.07) is -0.627. The van der Waals surface area contributed by atoms with E-state index < -0.39 is 12.1 Å². The van der Waals surface area contributed by atoms with Crippen molar-refractivity contribution in [3.05, 3.63) is 24.3 Å². The molecule has 2 atom stereocenters. The second-order valence-corrected chi connectivity index (χ2v) is 28.1. The van der Waals surface area contributed by atoms with Crippen LogP contribution in [-0.2, 0) is 14.3 Å². The summed E-state index contributed by atoms with van der Waals surface area (Å²) in [6.07, 6.45) is 100. The topological polar surface area (TPSA) is 95.9 Å². The maximum atomic E-state index is 12.6. The summed E-state index contributed by atoms with van der Waals surface area (Å²) in [6.45, 7) is 4.96. The van der Waals surface area contributed by atoms with Gasteiger partial charge in [-0.15, -0.1) is 0 Å². The van der Waals surface area contributed by atoms with Gasteiger partial charge < -0.3 is 20.3 Å². The predicted molar refractivity (Wildman–Crippen MR) is 389 cm³/mol. The van der Waals surface area contributed by atoms with Gasteiger partial charge in [-0.05, 0) is 57.8 Å². The summed E-state index contributed by atoms with van der Waals surface area (Å²) in [4.78, 5) is 24.6. The fourth-order valence-electron chi connectivity index (χ4n) is 13.0. The molecule has 0 saturated carbocycles. The van der Waals surface area contributed by atoms with Crippen LogP contribution in [0.2, 0.25) is 0 Å². The van der Waals surface area contributed by atoms with Crippen LogP contribution in [0.1, 0.15) is 463 Å². The molecule has 0 aliphatic rings. The van der Waals surface area contributed by atoms with E-state index in [4.69, 9.17) is 4.74 Å². The monoisotopic (exact) mass is 1240 g/mol.